The molecule has 0 saturated carbocycles. The minimum atomic E-state index is 0.184. The summed E-state index contributed by atoms with van der Waals surface area (Å²) in [6.45, 7) is 2.33. The summed E-state index contributed by atoms with van der Waals surface area (Å²) >= 11 is 0. The third-order valence-electron chi connectivity index (χ3n) is 2.53. The number of benzene rings is 1. The Morgan fingerprint density at radius 1 is 1.26 bits per heavy atom. The van der Waals surface area contributed by atoms with Crippen molar-refractivity contribution in [3.05, 3.63) is 47.9 Å². The Bertz CT molecular complexity index is 583. The van der Waals surface area contributed by atoms with Gasteiger partial charge in [-0.25, -0.2) is 4.99 Å². The van der Waals surface area contributed by atoms with Crippen molar-refractivity contribution in [3.8, 4) is 5.75 Å². The van der Waals surface area contributed by atoms with Gasteiger partial charge in [-0.3, -0.25) is 5.41 Å². The van der Waals surface area contributed by atoms with E-state index in [1.807, 2.05) is 6.92 Å². The number of rotatable bonds is 3. The predicted molar refractivity (Wildman–Crippen MR) is 74.9 cm³/mol. The molecule has 1 aliphatic carbocycles. The van der Waals surface area contributed by atoms with Gasteiger partial charge in [0.1, 0.15) is 11.5 Å². The van der Waals surface area contributed by atoms with Crippen LogP contribution in [0, 0.1) is 5.41 Å². The van der Waals surface area contributed by atoms with Crippen molar-refractivity contribution in [2.45, 2.75) is 6.92 Å². The third-order valence-corrected chi connectivity index (χ3v) is 2.53. The quantitative estimate of drug-likeness (QED) is 0.725. The lowest BCUT2D eigenvalue weighted by molar-refractivity contribution is 0.250. The summed E-state index contributed by atoms with van der Waals surface area (Å²) in [7, 11) is 0. The summed E-state index contributed by atoms with van der Waals surface area (Å²) in [6.07, 6.45) is 3.16. The number of nitrogens with one attached hydrogen (secondary N) is 1. The Labute approximate surface area is 111 Å². The molecule has 0 fully saturated rings. The zero-order chi connectivity index (χ0) is 13.8. The van der Waals surface area contributed by atoms with Gasteiger partial charge in [-0.05, 0) is 37.3 Å². The van der Waals surface area contributed by atoms with Crippen LogP contribution in [0.2, 0.25) is 0 Å². The molecule has 0 heterocycles. The lowest BCUT2D eigenvalue weighted by atomic mass is 10.1. The normalized spacial score (nSPS) is 17.1. The smallest absolute Gasteiger partial charge is 0.146 e. The van der Waals surface area contributed by atoms with Crippen LogP contribution in [0.5, 0.6) is 5.75 Å². The van der Waals surface area contributed by atoms with Crippen LogP contribution < -0.4 is 5.73 Å². The maximum Gasteiger partial charge on any atom is 0.146 e. The highest BCUT2D eigenvalue weighted by Crippen LogP contribution is 2.19. The summed E-state index contributed by atoms with van der Waals surface area (Å²) in [5.41, 5.74) is 7.72. The molecule has 0 atom stereocenters. The Morgan fingerprint density at radius 3 is 2.58 bits per heavy atom. The van der Waals surface area contributed by atoms with E-state index in [2.05, 4.69) is 4.99 Å². The molecule has 0 amide bonds. The summed E-state index contributed by atoms with van der Waals surface area (Å²) in [5.74, 6) is 0.637. The highest BCUT2D eigenvalue weighted by Gasteiger charge is 2.15. The molecule has 2 rings (SSSR count). The van der Waals surface area contributed by atoms with Crippen molar-refractivity contribution < 1.29 is 9.84 Å². The van der Waals surface area contributed by atoms with Gasteiger partial charge in [-0.15, -0.1) is 0 Å². The molecule has 0 spiro atoms. The molecule has 0 aliphatic heterocycles. The fourth-order valence-corrected chi connectivity index (χ4v) is 1.62. The SMILES string of the molecule is CCOC1=C/C(=N/c2ccc(O)cc2)C(N)=CC1=N. The standard InChI is InChI=1S/C14H15N3O2/c1-2-19-14-8-13(11(15)7-12(14)16)17-9-3-5-10(18)6-4-9/h3-8,16,18H,2,15H2,1H3/b16-12?,17-13-. The summed E-state index contributed by atoms with van der Waals surface area (Å²) in [6, 6.07) is 6.47. The zero-order valence-corrected chi connectivity index (χ0v) is 10.6. The van der Waals surface area contributed by atoms with Gasteiger partial charge in [0.05, 0.1) is 29.4 Å². The third kappa shape index (κ3) is 3.01. The molecule has 4 N–H and O–H groups in total. The number of phenolic OH excluding ortho intramolecular Hbond substituents is 1. The van der Waals surface area contributed by atoms with E-state index in [4.69, 9.17) is 15.9 Å². The highest BCUT2D eigenvalue weighted by molar-refractivity contribution is 6.22. The van der Waals surface area contributed by atoms with Gasteiger partial charge in [0, 0.05) is 6.08 Å². The first-order valence-electron chi connectivity index (χ1n) is 5.89. The maximum atomic E-state index is 9.22. The molecule has 1 aromatic rings. The Morgan fingerprint density at radius 2 is 1.95 bits per heavy atom. The Hall–Kier alpha value is -2.56. The highest BCUT2D eigenvalue weighted by atomic mass is 16.5. The molecule has 5 nitrogen and oxygen atoms in total. The molecule has 98 valence electrons. The Kier molecular flexibility index (Phi) is 3.66. The second-order valence-corrected chi connectivity index (χ2v) is 3.97. The number of nitrogens with zero attached hydrogens (tertiary/aromatic N) is 1. The van der Waals surface area contributed by atoms with Crippen molar-refractivity contribution >= 4 is 17.1 Å². The number of phenols is 1. The van der Waals surface area contributed by atoms with E-state index in [0.29, 0.717) is 29.5 Å². The number of hydrogen-bond donors (Lipinski definition) is 3. The molecule has 5 heteroatoms. The topological polar surface area (TPSA) is 91.7 Å². The molecule has 0 bridgehead atoms. The van der Waals surface area contributed by atoms with Gasteiger partial charge in [0.15, 0.2) is 0 Å². The lowest BCUT2D eigenvalue weighted by Crippen LogP contribution is -2.19. The molecular weight excluding hydrogens is 242 g/mol. The number of hydrogen-bond acceptors (Lipinski definition) is 5. The van der Waals surface area contributed by atoms with Gasteiger partial charge in [-0.1, -0.05) is 0 Å². The number of aromatic hydroxyl groups is 1. The minimum Gasteiger partial charge on any atom is -0.508 e. The average molecular weight is 257 g/mol. The Balaban J connectivity index is 2.34. The summed E-state index contributed by atoms with van der Waals surface area (Å²) in [4.78, 5) is 4.37. The first-order valence-corrected chi connectivity index (χ1v) is 5.89. The van der Waals surface area contributed by atoms with Crippen LogP contribution >= 0.6 is 0 Å². The first-order chi connectivity index (χ1) is 9.10. The van der Waals surface area contributed by atoms with Crippen molar-refractivity contribution in [2.75, 3.05) is 6.61 Å². The van der Waals surface area contributed by atoms with Gasteiger partial charge >= 0.3 is 0 Å². The number of aliphatic imine (C=N–C) groups is 1. The fraction of sp³-hybridized carbons (Fsp3) is 0.143. The van der Waals surface area contributed by atoms with E-state index < -0.39 is 0 Å². The summed E-state index contributed by atoms with van der Waals surface area (Å²) in [5, 5.41) is 17.0. The second kappa shape index (κ2) is 5.39. The van der Waals surface area contributed by atoms with Gasteiger partial charge in [0.25, 0.3) is 0 Å². The van der Waals surface area contributed by atoms with Gasteiger partial charge in [0.2, 0.25) is 0 Å². The van der Waals surface area contributed by atoms with Crippen molar-refractivity contribution in [1.29, 1.82) is 5.41 Å². The van der Waals surface area contributed by atoms with E-state index in [0.717, 1.165) is 0 Å². The van der Waals surface area contributed by atoms with Crippen LogP contribution in [-0.4, -0.2) is 23.1 Å². The van der Waals surface area contributed by atoms with Crippen LogP contribution in [0.4, 0.5) is 5.69 Å². The van der Waals surface area contributed by atoms with Gasteiger partial charge < -0.3 is 15.6 Å². The fourth-order valence-electron chi connectivity index (χ4n) is 1.62. The lowest BCUT2D eigenvalue weighted by Gasteiger charge is -2.14. The first kappa shape index (κ1) is 12.9. The summed E-state index contributed by atoms with van der Waals surface area (Å²) < 4.78 is 5.35. The molecule has 1 aliphatic rings. The molecule has 0 saturated heterocycles. The molecule has 0 radical (unpaired) electrons. The zero-order valence-electron chi connectivity index (χ0n) is 10.6. The van der Waals surface area contributed by atoms with Crippen LogP contribution in [0.3, 0.4) is 0 Å². The van der Waals surface area contributed by atoms with Crippen LogP contribution in [0.25, 0.3) is 0 Å². The van der Waals surface area contributed by atoms with E-state index in [-0.39, 0.29) is 11.5 Å². The largest absolute Gasteiger partial charge is 0.508 e. The van der Waals surface area contributed by atoms with Crippen LogP contribution in [0.15, 0.2) is 52.9 Å². The van der Waals surface area contributed by atoms with Crippen molar-refractivity contribution in [1.82, 2.24) is 0 Å². The van der Waals surface area contributed by atoms with Crippen LogP contribution in [-0.2, 0) is 4.74 Å². The second-order valence-electron chi connectivity index (χ2n) is 3.97. The van der Waals surface area contributed by atoms with E-state index in [1.54, 1.807) is 30.3 Å². The van der Waals surface area contributed by atoms with E-state index in [1.165, 1.54) is 6.08 Å². The van der Waals surface area contributed by atoms with E-state index >= 15 is 0 Å². The minimum absolute atomic E-state index is 0.184. The molecule has 0 unspecified atom stereocenters. The van der Waals surface area contributed by atoms with E-state index in [9.17, 15) is 5.11 Å². The predicted octanol–water partition coefficient (Wildman–Crippen LogP) is 2.26. The molecule has 0 aromatic heterocycles. The molecule has 19 heavy (non-hydrogen) atoms. The number of ether oxygens (including phenoxy) is 1. The molecular formula is C14H15N3O2. The number of allylic oxidation sites excluding steroid dienone is 2. The van der Waals surface area contributed by atoms with Crippen molar-refractivity contribution in [3.63, 3.8) is 0 Å². The molecule has 1 aromatic carbocycles. The monoisotopic (exact) mass is 257 g/mol. The van der Waals surface area contributed by atoms with Crippen LogP contribution in [0.1, 0.15) is 6.92 Å². The van der Waals surface area contributed by atoms with Gasteiger partial charge in [-0.2, -0.15) is 0 Å². The number of nitrogens with two attached hydrogens (primary N) is 1. The maximum absolute atomic E-state index is 9.22. The average Bonchev–Trinajstić information content (AvgIpc) is 2.38. The van der Waals surface area contributed by atoms with Crippen molar-refractivity contribution in [2.24, 2.45) is 10.7 Å².